The Kier molecular flexibility index (Phi) is 2.89. The van der Waals surface area contributed by atoms with Crippen molar-refractivity contribution in [3.63, 3.8) is 0 Å². The SMILES string of the molecule is Cn1ccc(CNc2nc(Cl)nc3sccc23)n1. The average Bonchev–Trinajstić information content (AvgIpc) is 2.94. The summed E-state index contributed by atoms with van der Waals surface area (Å²) in [4.78, 5) is 9.27. The molecule has 3 aromatic rings. The molecule has 0 aliphatic carbocycles. The van der Waals surface area contributed by atoms with Crippen LogP contribution in [-0.4, -0.2) is 19.7 Å². The van der Waals surface area contributed by atoms with Gasteiger partial charge in [0.05, 0.1) is 17.6 Å². The molecule has 3 rings (SSSR count). The number of aryl methyl sites for hydroxylation is 1. The largest absolute Gasteiger partial charge is 0.364 e. The molecular weight excluding hydrogens is 270 g/mol. The van der Waals surface area contributed by atoms with E-state index < -0.39 is 0 Å². The topological polar surface area (TPSA) is 55.6 Å². The molecule has 0 aliphatic rings. The molecule has 0 radical (unpaired) electrons. The number of nitrogens with one attached hydrogen (secondary N) is 1. The fourth-order valence-electron chi connectivity index (χ4n) is 1.70. The summed E-state index contributed by atoms with van der Waals surface area (Å²) in [5.41, 5.74) is 0.954. The maximum atomic E-state index is 5.89. The molecular formula is C11H10ClN5S. The minimum absolute atomic E-state index is 0.258. The van der Waals surface area contributed by atoms with Crippen LogP contribution in [0.3, 0.4) is 0 Å². The van der Waals surface area contributed by atoms with Crippen molar-refractivity contribution in [3.8, 4) is 0 Å². The molecule has 7 heteroatoms. The smallest absolute Gasteiger partial charge is 0.225 e. The maximum Gasteiger partial charge on any atom is 0.225 e. The van der Waals surface area contributed by atoms with Crippen molar-refractivity contribution < 1.29 is 0 Å². The summed E-state index contributed by atoms with van der Waals surface area (Å²) in [5.74, 6) is 0.747. The number of nitrogens with zero attached hydrogens (tertiary/aromatic N) is 4. The highest BCUT2D eigenvalue weighted by Gasteiger charge is 2.07. The van der Waals surface area contributed by atoms with Crippen molar-refractivity contribution in [2.75, 3.05) is 5.32 Å². The molecule has 5 nitrogen and oxygen atoms in total. The van der Waals surface area contributed by atoms with Crippen LogP contribution in [0.1, 0.15) is 5.69 Å². The summed E-state index contributed by atoms with van der Waals surface area (Å²) in [6.07, 6.45) is 1.91. The van der Waals surface area contributed by atoms with Crippen LogP contribution in [0.4, 0.5) is 5.82 Å². The normalized spacial score (nSPS) is 11.0. The van der Waals surface area contributed by atoms with E-state index in [0.717, 1.165) is 21.7 Å². The van der Waals surface area contributed by atoms with E-state index in [1.165, 1.54) is 0 Å². The Morgan fingerprint density at radius 1 is 1.39 bits per heavy atom. The van der Waals surface area contributed by atoms with Gasteiger partial charge in [-0.15, -0.1) is 11.3 Å². The summed E-state index contributed by atoms with van der Waals surface area (Å²) in [6.45, 7) is 0.610. The van der Waals surface area contributed by atoms with Crippen molar-refractivity contribution in [1.29, 1.82) is 0 Å². The van der Waals surface area contributed by atoms with Crippen LogP contribution in [0, 0.1) is 0 Å². The fourth-order valence-corrected chi connectivity index (χ4v) is 2.68. The van der Waals surface area contributed by atoms with E-state index in [1.807, 2.05) is 30.8 Å². The highest BCUT2D eigenvalue weighted by atomic mass is 35.5. The molecule has 18 heavy (non-hydrogen) atoms. The quantitative estimate of drug-likeness (QED) is 0.749. The van der Waals surface area contributed by atoms with Crippen molar-refractivity contribution >= 4 is 39.0 Å². The Hall–Kier alpha value is -1.66. The molecule has 0 amide bonds. The number of hydrogen-bond donors (Lipinski definition) is 1. The second-order valence-electron chi connectivity index (χ2n) is 3.81. The lowest BCUT2D eigenvalue weighted by atomic mass is 10.3. The number of halogens is 1. The summed E-state index contributed by atoms with van der Waals surface area (Å²) in [5, 5.41) is 10.8. The number of hydrogen-bond acceptors (Lipinski definition) is 5. The van der Waals surface area contributed by atoms with E-state index >= 15 is 0 Å². The molecule has 3 heterocycles. The van der Waals surface area contributed by atoms with E-state index in [2.05, 4.69) is 20.4 Å². The zero-order valence-electron chi connectivity index (χ0n) is 9.59. The van der Waals surface area contributed by atoms with Crippen LogP contribution in [0.2, 0.25) is 5.28 Å². The summed E-state index contributed by atoms with van der Waals surface area (Å²) >= 11 is 7.44. The summed E-state index contributed by atoms with van der Waals surface area (Å²) in [7, 11) is 1.89. The fraction of sp³-hybridized carbons (Fsp3) is 0.182. The van der Waals surface area contributed by atoms with Gasteiger partial charge in [0.25, 0.3) is 0 Å². The zero-order valence-corrected chi connectivity index (χ0v) is 11.2. The van der Waals surface area contributed by atoms with Crippen LogP contribution < -0.4 is 5.32 Å². The third-order valence-electron chi connectivity index (χ3n) is 2.50. The molecule has 1 N–H and O–H groups in total. The van der Waals surface area contributed by atoms with Gasteiger partial charge in [0.2, 0.25) is 5.28 Å². The molecule has 0 atom stereocenters. The lowest BCUT2D eigenvalue weighted by Gasteiger charge is -2.05. The van der Waals surface area contributed by atoms with E-state index in [0.29, 0.717) is 6.54 Å². The van der Waals surface area contributed by atoms with Crippen molar-refractivity contribution in [3.05, 3.63) is 34.7 Å². The molecule has 0 spiro atoms. The van der Waals surface area contributed by atoms with Crippen molar-refractivity contribution in [2.45, 2.75) is 6.54 Å². The lowest BCUT2D eigenvalue weighted by molar-refractivity contribution is 0.747. The molecule has 0 aromatic carbocycles. The molecule has 0 saturated heterocycles. The summed E-state index contributed by atoms with van der Waals surface area (Å²) < 4.78 is 1.77. The van der Waals surface area contributed by atoms with Crippen LogP contribution in [0.15, 0.2) is 23.7 Å². The number of aromatic nitrogens is 4. The molecule has 3 aromatic heterocycles. The Labute approximate surface area is 112 Å². The van der Waals surface area contributed by atoms with E-state index in [1.54, 1.807) is 16.0 Å². The lowest BCUT2D eigenvalue weighted by Crippen LogP contribution is -2.03. The van der Waals surface area contributed by atoms with E-state index in [4.69, 9.17) is 11.6 Å². The molecule has 0 unspecified atom stereocenters. The van der Waals surface area contributed by atoms with Crippen LogP contribution >= 0.6 is 22.9 Å². The van der Waals surface area contributed by atoms with Gasteiger partial charge in [-0.25, -0.2) is 9.97 Å². The molecule has 0 bridgehead atoms. The van der Waals surface area contributed by atoms with Gasteiger partial charge in [0, 0.05) is 13.2 Å². The predicted octanol–water partition coefficient (Wildman–Crippen LogP) is 2.69. The Morgan fingerprint density at radius 2 is 2.28 bits per heavy atom. The first kappa shape index (κ1) is 11.4. The highest BCUT2D eigenvalue weighted by Crippen LogP contribution is 2.26. The van der Waals surface area contributed by atoms with Crippen LogP contribution in [-0.2, 0) is 13.6 Å². The first-order chi connectivity index (χ1) is 8.72. The van der Waals surface area contributed by atoms with Gasteiger partial charge < -0.3 is 5.32 Å². The van der Waals surface area contributed by atoms with Crippen LogP contribution in [0.5, 0.6) is 0 Å². The Morgan fingerprint density at radius 3 is 3.06 bits per heavy atom. The first-order valence-electron chi connectivity index (χ1n) is 5.35. The van der Waals surface area contributed by atoms with Gasteiger partial charge in [0.15, 0.2) is 0 Å². The highest BCUT2D eigenvalue weighted by molar-refractivity contribution is 7.16. The number of anilines is 1. The second-order valence-corrected chi connectivity index (χ2v) is 5.05. The predicted molar refractivity (Wildman–Crippen MR) is 73.0 cm³/mol. The van der Waals surface area contributed by atoms with Gasteiger partial charge in [-0.3, -0.25) is 4.68 Å². The minimum atomic E-state index is 0.258. The molecule has 0 fully saturated rings. The minimum Gasteiger partial charge on any atom is -0.364 e. The monoisotopic (exact) mass is 279 g/mol. The van der Waals surface area contributed by atoms with Gasteiger partial charge in [-0.1, -0.05) is 0 Å². The molecule has 0 saturated carbocycles. The van der Waals surface area contributed by atoms with Crippen LogP contribution in [0.25, 0.3) is 10.2 Å². The van der Waals surface area contributed by atoms with E-state index in [-0.39, 0.29) is 5.28 Å². The van der Waals surface area contributed by atoms with Gasteiger partial charge in [-0.05, 0) is 29.1 Å². The standard InChI is InChI=1S/C11H10ClN5S/c1-17-4-2-7(16-17)6-13-9-8-3-5-18-10(8)15-11(12)14-9/h2-5H,6H2,1H3,(H,13,14,15). The van der Waals surface area contributed by atoms with Gasteiger partial charge in [-0.2, -0.15) is 5.10 Å². The summed E-state index contributed by atoms with van der Waals surface area (Å²) in [6, 6.07) is 3.94. The molecule has 0 aliphatic heterocycles. The van der Waals surface area contributed by atoms with E-state index in [9.17, 15) is 0 Å². The van der Waals surface area contributed by atoms with Gasteiger partial charge in [0.1, 0.15) is 10.6 Å². The number of rotatable bonds is 3. The van der Waals surface area contributed by atoms with Crippen molar-refractivity contribution in [1.82, 2.24) is 19.7 Å². The van der Waals surface area contributed by atoms with Gasteiger partial charge >= 0.3 is 0 Å². The second kappa shape index (κ2) is 4.55. The maximum absolute atomic E-state index is 5.89. The molecule has 92 valence electrons. The third kappa shape index (κ3) is 2.16. The average molecular weight is 280 g/mol. The Bertz CT molecular complexity index is 690. The third-order valence-corrected chi connectivity index (χ3v) is 3.48. The number of thiophene rings is 1. The first-order valence-corrected chi connectivity index (χ1v) is 6.61. The van der Waals surface area contributed by atoms with Crippen molar-refractivity contribution in [2.24, 2.45) is 7.05 Å². The number of fused-ring (bicyclic) bond motifs is 1. The zero-order chi connectivity index (χ0) is 12.5. The Balaban J connectivity index is 1.87.